The van der Waals surface area contributed by atoms with Gasteiger partial charge in [-0.25, -0.2) is 9.18 Å². The summed E-state index contributed by atoms with van der Waals surface area (Å²) >= 11 is 0. The Morgan fingerprint density at radius 2 is 1.78 bits per heavy atom. The summed E-state index contributed by atoms with van der Waals surface area (Å²) in [7, 11) is 0. The normalized spacial score (nSPS) is 15.1. The Labute approximate surface area is 187 Å². The van der Waals surface area contributed by atoms with Gasteiger partial charge in [-0.2, -0.15) is 4.68 Å². The SMILES string of the molecule is CC(C)(C)c1ccc(NC(=O)N2CCN(Cc3nnnn3-c3cccc(F)c3)CC2)cc1. The number of halogens is 1. The van der Waals surface area contributed by atoms with Crippen LogP contribution in [0.1, 0.15) is 32.2 Å². The first-order valence-corrected chi connectivity index (χ1v) is 10.7. The molecule has 1 saturated heterocycles. The number of aromatic nitrogens is 4. The molecule has 3 aromatic rings. The molecule has 8 nitrogen and oxygen atoms in total. The topological polar surface area (TPSA) is 79.2 Å². The molecule has 32 heavy (non-hydrogen) atoms. The molecule has 4 rings (SSSR count). The fourth-order valence-corrected chi connectivity index (χ4v) is 3.68. The van der Waals surface area contributed by atoms with Crippen LogP contribution >= 0.6 is 0 Å². The minimum Gasteiger partial charge on any atom is -0.322 e. The summed E-state index contributed by atoms with van der Waals surface area (Å²) in [5, 5.41) is 14.8. The predicted octanol–water partition coefficient (Wildman–Crippen LogP) is 3.45. The maximum atomic E-state index is 13.6. The molecular weight excluding hydrogens is 409 g/mol. The van der Waals surface area contributed by atoms with Gasteiger partial charge in [0, 0.05) is 31.9 Å². The fourth-order valence-electron chi connectivity index (χ4n) is 3.68. The molecule has 168 valence electrons. The Bertz CT molecular complexity index is 1070. The number of anilines is 1. The number of piperazine rings is 1. The second-order valence-electron chi connectivity index (χ2n) is 9.01. The lowest BCUT2D eigenvalue weighted by molar-refractivity contribution is 0.140. The lowest BCUT2D eigenvalue weighted by atomic mass is 9.87. The number of hydrogen-bond donors (Lipinski definition) is 1. The number of rotatable bonds is 4. The zero-order valence-corrected chi connectivity index (χ0v) is 18.6. The quantitative estimate of drug-likeness (QED) is 0.676. The van der Waals surface area contributed by atoms with Crippen molar-refractivity contribution < 1.29 is 9.18 Å². The first-order valence-electron chi connectivity index (χ1n) is 10.7. The lowest BCUT2D eigenvalue weighted by Crippen LogP contribution is -2.49. The summed E-state index contributed by atoms with van der Waals surface area (Å²) in [5.41, 5.74) is 2.68. The molecule has 2 heterocycles. The van der Waals surface area contributed by atoms with E-state index in [1.807, 2.05) is 17.0 Å². The zero-order valence-electron chi connectivity index (χ0n) is 18.6. The van der Waals surface area contributed by atoms with E-state index in [2.05, 4.69) is 58.6 Å². The van der Waals surface area contributed by atoms with Crippen molar-refractivity contribution in [2.45, 2.75) is 32.7 Å². The first-order chi connectivity index (χ1) is 15.3. The molecule has 2 aromatic carbocycles. The van der Waals surface area contributed by atoms with E-state index in [4.69, 9.17) is 0 Å². The van der Waals surface area contributed by atoms with Gasteiger partial charge >= 0.3 is 6.03 Å². The highest BCUT2D eigenvalue weighted by atomic mass is 19.1. The minimum atomic E-state index is -0.336. The summed E-state index contributed by atoms with van der Waals surface area (Å²) in [6, 6.07) is 14.1. The van der Waals surface area contributed by atoms with Crippen LogP contribution in [0.2, 0.25) is 0 Å². The van der Waals surface area contributed by atoms with Crippen molar-refractivity contribution in [3.8, 4) is 5.69 Å². The van der Waals surface area contributed by atoms with Crippen LogP contribution in [-0.2, 0) is 12.0 Å². The van der Waals surface area contributed by atoms with Crippen molar-refractivity contribution in [2.75, 3.05) is 31.5 Å². The van der Waals surface area contributed by atoms with E-state index in [1.54, 1.807) is 16.8 Å². The largest absolute Gasteiger partial charge is 0.322 e. The standard InChI is InChI=1S/C23H28FN7O/c1-23(2,3)17-7-9-19(10-8-17)25-22(32)30-13-11-29(12-14-30)16-21-26-27-28-31(21)20-6-4-5-18(24)15-20/h4-10,15H,11-14,16H2,1-3H3,(H,25,32). The minimum absolute atomic E-state index is 0.0767. The van der Waals surface area contributed by atoms with Crippen LogP contribution in [0.25, 0.3) is 5.69 Å². The lowest BCUT2D eigenvalue weighted by Gasteiger charge is -2.34. The molecule has 2 amide bonds. The number of benzene rings is 2. The highest BCUT2D eigenvalue weighted by Crippen LogP contribution is 2.23. The number of amides is 2. The highest BCUT2D eigenvalue weighted by Gasteiger charge is 2.23. The van der Waals surface area contributed by atoms with Crippen LogP contribution in [0.15, 0.2) is 48.5 Å². The van der Waals surface area contributed by atoms with Crippen LogP contribution in [0.3, 0.4) is 0 Å². The molecule has 1 fully saturated rings. The third-order valence-corrected chi connectivity index (χ3v) is 5.61. The molecule has 0 atom stereocenters. The Morgan fingerprint density at radius 1 is 1.06 bits per heavy atom. The van der Waals surface area contributed by atoms with Crippen molar-refractivity contribution in [3.63, 3.8) is 0 Å². The number of nitrogens with zero attached hydrogens (tertiary/aromatic N) is 6. The molecule has 1 N–H and O–H groups in total. The van der Waals surface area contributed by atoms with Gasteiger partial charge in [0.2, 0.25) is 0 Å². The van der Waals surface area contributed by atoms with Gasteiger partial charge in [0.05, 0.1) is 12.2 Å². The average Bonchev–Trinajstić information content (AvgIpc) is 3.22. The maximum absolute atomic E-state index is 13.6. The Morgan fingerprint density at radius 3 is 2.44 bits per heavy atom. The summed E-state index contributed by atoms with van der Waals surface area (Å²) in [6.07, 6.45) is 0. The van der Waals surface area contributed by atoms with Gasteiger partial charge in [-0.15, -0.1) is 5.10 Å². The third kappa shape index (κ3) is 5.11. The molecular formula is C23H28FN7O. The number of urea groups is 1. The van der Waals surface area contributed by atoms with Crippen LogP contribution in [0, 0.1) is 5.82 Å². The van der Waals surface area contributed by atoms with E-state index >= 15 is 0 Å². The van der Waals surface area contributed by atoms with Crippen LogP contribution in [0.4, 0.5) is 14.9 Å². The van der Waals surface area contributed by atoms with Crippen LogP contribution in [-0.4, -0.2) is 62.2 Å². The van der Waals surface area contributed by atoms with Gasteiger partial charge in [0.1, 0.15) is 5.82 Å². The molecule has 0 unspecified atom stereocenters. The smallest absolute Gasteiger partial charge is 0.321 e. The number of tetrazole rings is 1. The molecule has 0 radical (unpaired) electrons. The van der Waals surface area contributed by atoms with Gasteiger partial charge in [-0.3, -0.25) is 4.90 Å². The highest BCUT2D eigenvalue weighted by molar-refractivity contribution is 5.89. The van der Waals surface area contributed by atoms with E-state index in [-0.39, 0.29) is 17.3 Å². The number of hydrogen-bond acceptors (Lipinski definition) is 5. The number of carbonyl (C=O) groups excluding carboxylic acids is 1. The second kappa shape index (κ2) is 9.04. The van der Waals surface area contributed by atoms with E-state index in [1.165, 1.54) is 17.7 Å². The van der Waals surface area contributed by atoms with Crippen molar-refractivity contribution in [3.05, 3.63) is 65.7 Å². The van der Waals surface area contributed by atoms with Gasteiger partial charge in [-0.05, 0) is 51.7 Å². The summed E-state index contributed by atoms with van der Waals surface area (Å²) in [4.78, 5) is 16.7. The van der Waals surface area contributed by atoms with Crippen LogP contribution in [0.5, 0.6) is 0 Å². The Balaban J connectivity index is 1.31. The average molecular weight is 438 g/mol. The molecule has 1 aromatic heterocycles. The van der Waals surface area contributed by atoms with Gasteiger partial charge in [0.15, 0.2) is 5.82 Å². The van der Waals surface area contributed by atoms with Gasteiger partial charge in [0.25, 0.3) is 0 Å². The van der Waals surface area contributed by atoms with Crippen molar-refractivity contribution in [2.24, 2.45) is 0 Å². The molecule has 0 aliphatic carbocycles. The second-order valence-corrected chi connectivity index (χ2v) is 9.01. The summed E-state index contributed by atoms with van der Waals surface area (Å²) < 4.78 is 15.1. The molecule has 9 heteroatoms. The van der Waals surface area contributed by atoms with Crippen molar-refractivity contribution in [1.29, 1.82) is 0 Å². The van der Waals surface area contributed by atoms with Crippen molar-refractivity contribution >= 4 is 11.7 Å². The molecule has 0 saturated carbocycles. The Kier molecular flexibility index (Phi) is 6.18. The molecule has 0 bridgehead atoms. The van der Waals surface area contributed by atoms with Crippen LogP contribution < -0.4 is 5.32 Å². The maximum Gasteiger partial charge on any atom is 0.321 e. The third-order valence-electron chi connectivity index (χ3n) is 5.61. The van der Waals surface area contributed by atoms with E-state index in [0.717, 1.165) is 5.69 Å². The predicted molar refractivity (Wildman–Crippen MR) is 120 cm³/mol. The monoisotopic (exact) mass is 437 g/mol. The number of nitrogens with one attached hydrogen (secondary N) is 1. The van der Waals surface area contributed by atoms with E-state index in [9.17, 15) is 9.18 Å². The summed E-state index contributed by atoms with van der Waals surface area (Å²) in [6.45, 7) is 9.62. The molecule has 1 aliphatic rings. The number of carbonyl (C=O) groups is 1. The molecule has 1 aliphatic heterocycles. The molecule has 0 spiro atoms. The summed E-state index contributed by atoms with van der Waals surface area (Å²) in [5.74, 6) is 0.295. The first kappa shape index (κ1) is 21.9. The Hall–Kier alpha value is -3.33. The zero-order chi connectivity index (χ0) is 22.7. The van der Waals surface area contributed by atoms with E-state index < -0.39 is 0 Å². The van der Waals surface area contributed by atoms with Gasteiger partial charge in [-0.1, -0.05) is 39.0 Å². The van der Waals surface area contributed by atoms with Crippen molar-refractivity contribution in [1.82, 2.24) is 30.0 Å². The van der Waals surface area contributed by atoms with E-state index in [0.29, 0.717) is 44.2 Å². The van der Waals surface area contributed by atoms with Gasteiger partial charge < -0.3 is 10.2 Å². The fraction of sp³-hybridized carbons (Fsp3) is 0.391.